The van der Waals surface area contributed by atoms with E-state index in [1.165, 1.54) is 4.31 Å². The zero-order valence-electron chi connectivity index (χ0n) is 13.9. The largest absolute Gasteiger partial charge is 0.336 e. The molecular formula is C18H18BrClN2O3S. The van der Waals surface area contributed by atoms with Crippen LogP contribution in [0.1, 0.15) is 15.9 Å². The molecule has 0 unspecified atom stereocenters. The lowest BCUT2D eigenvalue weighted by molar-refractivity contribution is 0.0698. The van der Waals surface area contributed by atoms with E-state index in [0.717, 1.165) is 10.0 Å². The molecule has 1 saturated heterocycles. The average molecular weight is 458 g/mol. The third-order valence-electron chi connectivity index (χ3n) is 4.27. The Balaban J connectivity index is 1.65. The molecule has 138 valence electrons. The number of carbonyl (C=O) groups excluding carboxylic acids is 1. The van der Waals surface area contributed by atoms with Gasteiger partial charge < -0.3 is 4.90 Å². The number of amides is 1. The first-order valence-corrected chi connectivity index (χ1v) is 10.9. The van der Waals surface area contributed by atoms with E-state index < -0.39 is 10.0 Å². The van der Waals surface area contributed by atoms with E-state index in [-0.39, 0.29) is 24.7 Å². The van der Waals surface area contributed by atoms with E-state index in [1.807, 2.05) is 18.2 Å². The molecule has 0 bridgehead atoms. The van der Waals surface area contributed by atoms with Crippen molar-refractivity contribution in [3.05, 3.63) is 69.2 Å². The Morgan fingerprint density at radius 3 is 2.35 bits per heavy atom. The van der Waals surface area contributed by atoms with Gasteiger partial charge in [-0.3, -0.25) is 4.79 Å². The first-order valence-electron chi connectivity index (χ1n) is 8.13. The number of sulfonamides is 1. The summed E-state index contributed by atoms with van der Waals surface area (Å²) in [6.45, 7) is 1.25. The van der Waals surface area contributed by atoms with Gasteiger partial charge >= 0.3 is 0 Å². The molecule has 0 saturated carbocycles. The summed E-state index contributed by atoms with van der Waals surface area (Å²) in [5.74, 6) is -0.212. The highest BCUT2D eigenvalue weighted by atomic mass is 79.9. The van der Waals surface area contributed by atoms with Crippen LogP contribution >= 0.6 is 27.5 Å². The van der Waals surface area contributed by atoms with Crippen LogP contribution in [-0.2, 0) is 15.8 Å². The monoisotopic (exact) mass is 456 g/mol. The fraction of sp³-hybridized carbons (Fsp3) is 0.278. The minimum atomic E-state index is -3.40. The van der Waals surface area contributed by atoms with Gasteiger partial charge in [0.2, 0.25) is 10.0 Å². The SMILES string of the molecule is O=C(c1cc(Br)ccc1Cl)N1CCN(S(=O)(=O)Cc2ccccc2)CC1. The third-order valence-corrected chi connectivity index (χ3v) is 6.94. The van der Waals surface area contributed by atoms with Crippen molar-refractivity contribution in [3.63, 3.8) is 0 Å². The number of hydrogen-bond donors (Lipinski definition) is 0. The summed E-state index contributed by atoms with van der Waals surface area (Å²) in [6, 6.07) is 14.2. The lowest BCUT2D eigenvalue weighted by Crippen LogP contribution is -2.50. The summed E-state index contributed by atoms with van der Waals surface area (Å²) in [6.07, 6.45) is 0. The lowest BCUT2D eigenvalue weighted by atomic mass is 10.2. The maximum atomic E-state index is 12.7. The molecule has 0 aromatic heterocycles. The molecule has 1 heterocycles. The second kappa shape index (κ2) is 8.08. The smallest absolute Gasteiger partial charge is 0.255 e. The molecule has 1 fully saturated rings. The number of nitrogens with zero attached hydrogens (tertiary/aromatic N) is 2. The number of carbonyl (C=O) groups is 1. The Labute approximate surface area is 166 Å². The van der Waals surface area contributed by atoms with Crippen LogP contribution in [-0.4, -0.2) is 49.7 Å². The third kappa shape index (κ3) is 4.46. The van der Waals surface area contributed by atoms with Gasteiger partial charge in [0.25, 0.3) is 5.91 Å². The Kier molecular flexibility index (Phi) is 6.02. The average Bonchev–Trinajstić information content (AvgIpc) is 2.64. The van der Waals surface area contributed by atoms with Gasteiger partial charge in [-0.1, -0.05) is 57.9 Å². The van der Waals surface area contributed by atoms with Gasteiger partial charge in [0.15, 0.2) is 0 Å². The summed E-state index contributed by atoms with van der Waals surface area (Å²) in [5, 5.41) is 0.386. The molecule has 1 aliphatic heterocycles. The molecule has 5 nitrogen and oxygen atoms in total. The Bertz CT molecular complexity index is 898. The molecule has 0 atom stereocenters. The van der Waals surface area contributed by atoms with Crippen molar-refractivity contribution in [1.29, 1.82) is 0 Å². The van der Waals surface area contributed by atoms with Crippen LogP contribution < -0.4 is 0 Å². The van der Waals surface area contributed by atoms with Crippen LogP contribution in [0.25, 0.3) is 0 Å². The molecule has 2 aromatic carbocycles. The van der Waals surface area contributed by atoms with Crippen LogP contribution in [0.2, 0.25) is 5.02 Å². The molecule has 1 aliphatic rings. The fourth-order valence-electron chi connectivity index (χ4n) is 2.88. The maximum absolute atomic E-state index is 12.7. The van der Waals surface area contributed by atoms with Gasteiger partial charge in [0, 0.05) is 30.7 Å². The molecule has 0 spiro atoms. The maximum Gasteiger partial charge on any atom is 0.255 e. The Morgan fingerprint density at radius 2 is 1.69 bits per heavy atom. The summed E-state index contributed by atoms with van der Waals surface area (Å²) in [4.78, 5) is 14.3. The number of hydrogen-bond acceptors (Lipinski definition) is 3. The topological polar surface area (TPSA) is 57.7 Å². The first-order chi connectivity index (χ1) is 12.4. The molecule has 0 radical (unpaired) electrons. The minimum Gasteiger partial charge on any atom is -0.336 e. The van der Waals surface area contributed by atoms with E-state index in [1.54, 1.807) is 35.2 Å². The second-order valence-electron chi connectivity index (χ2n) is 6.06. The van der Waals surface area contributed by atoms with Gasteiger partial charge in [-0.05, 0) is 23.8 Å². The molecule has 8 heteroatoms. The fourth-order valence-corrected chi connectivity index (χ4v) is 4.95. The van der Waals surface area contributed by atoms with Crippen molar-refractivity contribution in [1.82, 2.24) is 9.21 Å². The van der Waals surface area contributed by atoms with Crippen molar-refractivity contribution in [2.75, 3.05) is 26.2 Å². The van der Waals surface area contributed by atoms with Crippen molar-refractivity contribution >= 4 is 43.5 Å². The molecule has 0 N–H and O–H groups in total. The summed E-state index contributed by atoms with van der Waals surface area (Å²) in [7, 11) is -3.40. The van der Waals surface area contributed by atoms with Crippen LogP contribution in [0.3, 0.4) is 0 Å². The van der Waals surface area contributed by atoms with Gasteiger partial charge in [-0.2, -0.15) is 4.31 Å². The van der Waals surface area contributed by atoms with Crippen LogP contribution in [0.5, 0.6) is 0 Å². The first kappa shape index (κ1) is 19.4. The zero-order valence-corrected chi connectivity index (χ0v) is 17.1. The van der Waals surface area contributed by atoms with Crippen LogP contribution in [0.15, 0.2) is 53.0 Å². The van der Waals surface area contributed by atoms with Crippen LogP contribution in [0, 0.1) is 0 Å². The van der Waals surface area contributed by atoms with Crippen molar-refractivity contribution < 1.29 is 13.2 Å². The van der Waals surface area contributed by atoms with Gasteiger partial charge in [-0.15, -0.1) is 0 Å². The number of rotatable bonds is 4. The number of halogens is 2. The highest BCUT2D eigenvalue weighted by Gasteiger charge is 2.30. The molecule has 26 heavy (non-hydrogen) atoms. The number of benzene rings is 2. The Hall–Kier alpha value is -1.41. The molecule has 0 aliphatic carbocycles. The summed E-state index contributed by atoms with van der Waals surface area (Å²) in [5.41, 5.74) is 1.17. The lowest BCUT2D eigenvalue weighted by Gasteiger charge is -2.34. The summed E-state index contributed by atoms with van der Waals surface area (Å²) < 4.78 is 27.4. The second-order valence-corrected chi connectivity index (χ2v) is 9.35. The zero-order chi connectivity index (χ0) is 18.7. The highest BCUT2D eigenvalue weighted by molar-refractivity contribution is 9.10. The van der Waals surface area contributed by atoms with Crippen molar-refractivity contribution in [2.45, 2.75) is 5.75 Å². The number of piperazine rings is 1. The van der Waals surface area contributed by atoms with Gasteiger partial charge in [0.05, 0.1) is 16.3 Å². The van der Waals surface area contributed by atoms with E-state index in [4.69, 9.17) is 11.6 Å². The molecule has 3 rings (SSSR count). The van der Waals surface area contributed by atoms with E-state index >= 15 is 0 Å². The molecular weight excluding hydrogens is 440 g/mol. The standard InChI is InChI=1S/C18H18BrClN2O3S/c19-15-6-7-17(20)16(12-15)18(23)21-8-10-22(11-9-21)26(24,25)13-14-4-2-1-3-5-14/h1-7,12H,8-11,13H2. The summed E-state index contributed by atoms with van der Waals surface area (Å²) >= 11 is 9.47. The predicted molar refractivity (Wildman–Crippen MR) is 106 cm³/mol. The van der Waals surface area contributed by atoms with Crippen molar-refractivity contribution in [3.8, 4) is 0 Å². The molecule has 1 amide bonds. The van der Waals surface area contributed by atoms with Crippen LogP contribution in [0.4, 0.5) is 0 Å². The normalized spacial score (nSPS) is 15.8. The van der Waals surface area contributed by atoms with Gasteiger partial charge in [-0.25, -0.2) is 8.42 Å². The van der Waals surface area contributed by atoms with Gasteiger partial charge in [0.1, 0.15) is 0 Å². The van der Waals surface area contributed by atoms with Crippen molar-refractivity contribution in [2.24, 2.45) is 0 Å². The van der Waals surface area contributed by atoms with E-state index in [9.17, 15) is 13.2 Å². The quantitative estimate of drug-likeness (QED) is 0.707. The Morgan fingerprint density at radius 1 is 1.04 bits per heavy atom. The van der Waals surface area contributed by atoms with E-state index in [0.29, 0.717) is 23.7 Å². The predicted octanol–water partition coefficient (Wildman–Crippen LogP) is 3.39. The minimum absolute atomic E-state index is 0.0285. The van der Waals surface area contributed by atoms with E-state index in [2.05, 4.69) is 15.9 Å². The highest BCUT2D eigenvalue weighted by Crippen LogP contribution is 2.23. The molecule has 2 aromatic rings.